The third-order valence-electron chi connectivity index (χ3n) is 3.87. The van der Waals surface area contributed by atoms with Crippen LogP contribution in [-0.2, 0) is 14.6 Å². The molecule has 1 aliphatic heterocycles. The minimum atomic E-state index is -3.12. The summed E-state index contributed by atoms with van der Waals surface area (Å²) in [6.45, 7) is 2.26. The van der Waals surface area contributed by atoms with E-state index in [0.717, 1.165) is 0 Å². The van der Waals surface area contributed by atoms with Crippen LogP contribution in [0.15, 0.2) is 17.5 Å². The number of sulfone groups is 1. The van der Waals surface area contributed by atoms with Crippen molar-refractivity contribution in [2.24, 2.45) is 0 Å². The molecular weight excluding hydrogens is 324 g/mol. The van der Waals surface area contributed by atoms with E-state index in [2.05, 4.69) is 0 Å². The smallest absolute Gasteiger partial charge is 0.264 e. The molecule has 0 bridgehead atoms. The highest BCUT2D eigenvalue weighted by atomic mass is 32.2. The first-order chi connectivity index (χ1) is 10.3. The quantitative estimate of drug-likeness (QED) is 0.815. The summed E-state index contributed by atoms with van der Waals surface area (Å²) in [5.74, 6) is -0.418. The molecule has 1 aliphatic rings. The van der Waals surface area contributed by atoms with Crippen molar-refractivity contribution in [1.82, 2.24) is 9.80 Å². The normalized spacial score (nSPS) is 21.2. The lowest BCUT2D eigenvalue weighted by Crippen LogP contribution is -2.42. The zero-order valence-corrected chi connectivity index (χ0v) is 14.3. The third-order valence-corrected chi connectivity index (χ3v) is 6.94. The van der Waals surface area contributed by atoms with E-state index in [9.17, 15) is 18.0 Å². The Morgan fingerprint density at radius 2 is 2.14 bits per heavy atom. The predicted molar refractivity (Wildman–Crippen MR) is 85.7 cm³/mol. The van der Waals surface area contributed by atoms with Gasteiger partial charge in [0, 0.05) is 20.1 Å². The molecule has 0 aromatic carbocycles. The lowest BCUT2D eigenvalue weighted by Gasteiger charge is -2.23. The molecule has 1 atom stereocenters. The first kappa shape index (κ1) is 17.0. The number of carbonyl (C=O) groups excluding carboxylic acids is 2. The van der Waals surface area contributed by atoms with Gasteiger partial charge in [0.15, 0.2) is 9.84 Å². The fourth-order valence-electron chi connectivity index (χ4n) is 2.28. The molecule has 1 saturated heterocycles. The van der Waals surface area contributed by atoms with Gasteiger partial charge in [0.2, 0.25) is 5.91 Å². The minimum Gasteiger partial charge on any atom is -0.340 e. The fraction of sp³-hybridized carbons (Fsp3) is 0.571. The number of thiophene rings is 1. The molecule has 8 heteroatoms. The van der Waals surface area contributed by atoms with Gasteiger partial charge in [-0.25, -0.2) is 8.42 Å². The summed E-state index contributed by atoms with van der Waals surface area (Å²) < 4.78 is 23.7. The second-order valence-corrected chi connectivity index (χ2v) is 8.97. The molecule has 1 aromatic rings. The summed E-state index contributed by atoms with van der Waals surface area (Å²) in [5, 5.41) is 1.39. The van der Waals surface area contributed by atoms with Crippen molar-refractivity contribution in [3.8, 4) is 0 Å². The third kappa shape index (κ3) is 3.86. The van der Waals surface area contributed by atoms with Gasteiger partial charge >= 0.3 is 0 Å². The first-order valence-corrected chi connectivity index (χ1v) is 9.69. The number of likely N-dealkylation sites (N-methyl/N-ethyl adjacent to an activating group) is 1. The van der Waals surface area contributed by atoms with Crippen LogP contribution in [0.3, 0.4) is 0 Å². The number of nitrogens with zero attached hydrogens (tertiary/aromatic N) is 2. The van der Waals surface area contributed by atoms with Crippen molar-refractivity contribution >= 4 is 33.0 Å². The highest BCUT2D eigenvalue weighted by Crippen LogP contribution is 2.14. The van der Waals surface area contributed by atoms with E-state index in [0.29, 0.717) is 17.8 Å². The van der Waals surface area contributed by atoms with Crippen molar-refractivity contribution in [1.29, 1.82) is 0 Å². The Morgan fingerprint density at radius 3 is 2.77 bits per heavy atom. The molecule has 0 saturated carbocycles. The zero-order valence-electron chi connectivity index (χ0n) is 12.7. The number of hydrogen-bond acceptors (Lipinski definition) is 5. The van der Waals surface area contributed by atoms with Crippen molar-refractivity contribution in [3.05, 3.63) is 22.4 Å². The molecule has 2 heterocycles. The first-order valence-electron chi connectivity index (χ1n) is 7.09. The van der Waals surface area contributed by atoms with Crippen LogP contribution in [0.2, 0.25) is 0 Å². The molecular formula is C14H20N2O4S2. The zero-order chi connectivity index (χ0) is 16.3. The molecule has 6 nitrogen and oxygen atoms in total. The summed E-state index contributed by atoms with van der Waals surface area (Å²) in [5.41, 5.74) is 0. The van der Waals surface area contributed by atoms with Gasteiger partial charge in [-0.3, -0.25) is 9.59 Å². The summed E-state index contributed by atoms with van der Waals surface area (Å²) in [6, 6.07) is 3.50. The Balaban J connectivity index is 1.96. The summed E-state index contributed by atoms with van der Waals surface area (Å²) in [6.07, 6.45) is 0.441. The van der Waals surface area contributed by atoms with Crippen LogP contribution < -0.4 is 0 Å². The van der Waals surface area contributed by atoms with E-state index >= 15 is 0 Å². The maximum atomic E-state index is 12.3. The average Bonchev–Trinajstić information content (AvgIpc) is 2.95. The predicted octanol–water partition coefficient (Wildman–Crippen LogP) is 0.856. The largest absolute Gasteiger partial charge is 0.340 e. The number of rotatable bonds is 3. The Hall–Kier alpha value is -1.41. The van der Waals surface area contributed by atoms with Gasteiger partial charge in [-0.15, -0.1) is 11.3 Å². The maximum absolute atomic E-state index is 12.3. The Bertz CT molecular complexity index is 640. The number of hydrogen-bond donors (Lipinski definition) is 0. The average molecular weight is 344 g/mol. The lowest BCUT2D eigenvalue weighted by molar-refractivity contribution is -0.131. The maximum Gasteiger partial charge on any atom is 0.264 e. The van der Waals surface area contributed by atoms with Crippen molar-refractivity contribution in [2.45, 2.75) is 18.6 Å². The van der Waals surface area contributed by atoms with Crippen LogP contribution >= 0.6 is 11.3 Å². The SMILES string of the molecule is CC1CCN(C(=O)CN(C)C(=O)c2cccs2)CCS1(=O)=O. The molecule has 22 heavy (non-hydrogen) atoms. The molecule has 1 fully saturated rings. The van der Waals surface area contributed by atoms with Crippen molar-refractivity contribution < 1.29 is 18.0 Å². The van der Waals surface area contributed by atoms with Crippen LogP contribution in [0.1, 0.15) is 23.0 Å². The summed E-state index contributed by atoms with van der Waals surface area (Å²) in [4.78, 5) is 27.9. The highest BCUT2D eigenvalue weighted by molar-refractivity contribution is 7.92. The van der Waals surface area contributed by atoms with E-state index in [1.807, 2.05) is 5.38 Å². The molecule has 1 aromatic heterocycles. The van der Waals surface area contributed by atoms with Gasteiger partial charge in [-0.2, -0.15) is 0 Å². The van der Waals surface area contributed by atoms with Crippen LogP contribution in [0.5, 0.6) is 0 Å². The van der Waals surface area contributed by atoms with Gasteiger partial charge in [-0.1, -0.05) is 6.07 Å². The van der Waals surface area contributed by atoms with E-state index in [1.165, 1.54) is 16.2 Å². The van der Waals surface area contributed by atoms with E-state index in [-0.39, 0.29) is 30.7 Å². The second kappa shape index (κ2) is 6.78. The highest BCUT2D eigenvalue weighted by Gasteiger charge is 2.29. The molecule has 122 valence electrons. The number of carbonyl (C=O) groups is 2. The van der Waals surface area contributed by atoms with Gasteiger partial charge in [0.05, 0.1) is 22.4 Å². The van der Waals surface area contributed by atoms with Crippen LogP contribution in [0, 0.1) is 0 Å². The van der Waals surface area contributed by atoms with E-state index in [4.69, 9.17) is 0 Å². The van der Waals surface area contributed by atoms with E-state index in [1.54, 1.807) is 31.0 Å². The minimum absolute atomic E-state index is 0.0114. The van der Waals surface area contributed by atoms with Gasteiger partial charge in [-0.05, 0) is 24.8 Å². The van der Waals surface area contributed by atoms with Crippen molar-refractivity contribution in [2.75, 3.05) is 32.4 Å². The van der Waals surface area contributed by atoms with Crippen LogP contribution in [0.25, 0.3) is 0 Å². The standard InChI is InChI=1S/C14H20N2O4S2/c1-11-5-6-16(7-9-22(11,19)20)13(17)10-15(2)14(18)12-4-3-8-21-12/h3-4,8,11H,5-7,9-10H2,1-2H3. The topological polar surface area (TPSA) is 74.8 Å². The molecule has 0 spiro atoms. The van der Waals surface area contributed by atoms with E-state index < -0.39 is 15.1 Å². The van der Waals surface area contributed by atoms with Gasteiger partial charge in [0.25, 0.3) is 5.91 Å². The second-order valence-electron chi connectivity index (χ2n) is 5.49. The van der Waals surface area contributed by atoms with Crippen LogP contribution in [0.4, 0.5) is 0 Å². The molecule has 0 radical (unpaired) electrons. The molecule has 0 aliphatic carbocycles. The monoisotopic (exact) mass is 344 g/mol. The van der Waals surface area contributed by atoms with Gasteiger partial charge in [0.1, 0.15) is 0 Å². The molecule has 0 N–H and O–H groups in total. The van der Waals surface area contributed by atoms with Gasteiger partial charge < -0.3 is 9.80 Å². The Morgan fingerprint density at radius 1 is 1.41 bits per heavy atom. The van der Waals surface area contributed by atoms with Crippen molar-refractivity contribution in [3.63, 3.8) is 0 Å². The van der Waals surface area contributed by atoms with Crippen LogP contribution in [-0.4, -0.2) is 67.7 Å². The Kier molecular flexibility index (Phi) is 5.23. The fourth-order valence-corrected chi connectivity index (χ4v) is 4.34. The Labute approximate surface area is 134 Å². The number of amides is 2. The molecule has 2 amide bonds. The summed E-state index contributed by atoms with van der Waals surface area (Å²) >= 11 is 1.33. The molecule has 2 rings (SSSR count). The molecule has 1 unspecified atom stereocenters. The summed E-state index contributed by atoms with van der Waals surface area (Å²) in [7, 11) is -1.54. The lowest BCUT2D eigenvalue weighted by atomic mass is 10.3.